The van der Waals surface area contributed by atoms with Crippen molar-refractivity contribution in [3.05, 3.63) is 65.5 Å². The Morgan fingerprint density at radius 2 is 1.58 bits per heavy atom. The molecule has 0 bridgehead atoms. The van der Waals surface area contributed by atoms with Gasteiger partial charge >= 0.3 is 6.03 Å². The molecule has 0 spiro atoms. The first-order valence-corrected chi connectivity index (χ1v) is 11.6. The molecule has 1 heterocycles. The van der Waals surface area contributed by atoms with Gasteiger partial charge in [-0.15, -0.1) is 0 Å². The van der Waals surface area contributed by atoms with Gasteiger partial charge in [0.1, 0.15) is 5.82 Å². The van der Waals surface area contributed by atoms with Crippen molar-refractivity contribution in [3.8, 4) is 0 Å². The lowest BCUT2D eigenvalue weighted by atomic mass is 10.1. The Labute approximate surface area is 195 Å². The van der Waals surface area contributed by atoms with Crippen molar-refractivity contribution >= 4 is 17.6 Å². The van der Waals surface area contributed by atoms with Crippen molar-refractivity contribution in [2.24, 2.45) is 0 Å². The topological polar surface area (TPSA) is 67.9 Å². The average Bonchev–Trinajstić information content (AvgIpc) is 2.83. The zero-order chi connectivity index (χ0) is 23.6. The molecule has 7 nitrogen and oxygen atoms in total. The van der Waals surface area contributed by atoms with E-state index in [0.29, 0.717) is 38.4 Å². The quantitative estimate of drug-likeness (QED) is 0.610. The lowest BCUT2D eigenvalue weighted by molar-refractivity contribution is -0.117. The number of carbonyl (C=O) groups excluding carboxylic acids is 2. The van der Waals surface area contributed by atoms with Gasteiger partial charge in [0.2, 0.25) is 5.91 Å². The van der Waals surface area contributed by atoms with Crippen LogP contribution in [0.15, 0.2) is 48.5 Å². The number of benzene rings is 2. The molecule has 2 N–H and O–H groups in total. The number of hydrogen-bond acceptors (Lipinski definition) is 4. The summed E-state index contributed by atoms with van der Waals surface area (Å²) >= 11 is 0. The van der Waals surface area contributed by atoms with Crippen LogP contribution in [0.4, 0.5) is 14.9 Å². The van der Waals surface area contributed by atoms with E-state index < -0.39 is 0 Å². The zero-order valence-electron chi connectivity index (χ0n) is 19.5. The van der Waals surface area contributed by atoms with Gasteiger partial charge in [0.05, 0.1) is 6.54 Å². The summed E-state index contributed by atoms with van der Waals surface area (Å²) in [5.74, 6) is -0.487. The predicted octanol–water partition coefficient (Wildman–Crippen LogP) is 3.13. The number of urea groups is 1. The molecular formula is C25H34FN5O2. The first kappa shape index (κ1) is 24.7. The molecule has 8 heteroatoms. The molecule has 0 atom stereocenters. The van der Waals surface area contributed by atoms with E-state index in [0.717, 1.165) is 25.2 Å². The number of anilines is 1. The van der Waals surface area contributed by atoms with Gasteiger partial charge in [0.15, 0.2) is 0 Å². The van der Waals surface area contributed by atoms with Crippen LogP contribution in [0.1, 0.15) is 25.0 Å². The van der Waals surface area contributed by atoms with Gasteiger partial charge in [0.25, 0.3) is 0 Å². The number of nitrogens with zero attached hydrogens (tertiary/aromatic N) is 3. The first-order chi connectivity index (χ1) is 16.0. The Hall–Kier alpha value is -2.97. The molecule has 1 aliphatic heterocycles. The Bertz CT molecular complexity index is 909. The van der Waals surface area contributed by atoms with Crippen molar-refractivity contribution in [1.29, 1.82) is 0 Å². The molecule has 1 aliphatic rings. The van der Waals surface area contributed by atoms with E-state index in [-0.39, 0.29) is 24.3 Å². The van der Waals surface area contributed by atoms with Crippen LogP contribution in [0.5, 0.6) is 0 Å². The Morgan fingerprint density at radius 1 is 0.939 bits per heavy atom. The lowest BCUT2D eigenvalue weighted by Crippen LogP contribution is -2.52. The zero-order valence-corrected chi connectivity index (χ0v) is 19.5. The first-order valence-electron chi connectivity index (χ1n) is 11.6. The van der Waals surface area contributed by atoms with E-state index in [9.17, 15) is 14.0 Å². The predicted molar refractivity (Wildman–Crippen MR) is 128 cm³/mol. The van der Waals surface area contributed by atoms with Crippen LogP contribution in [0.25, 0.3) is 0 Å². The molecule has 2 aromatic rings. The van der Waals surface area contributed by atoms with Gasteiger partial charge in [-0.2, -0.15) is 0 Å². The Morgan fingerprint density at radius 3 is 2.21 bits per heavy atom. The summed E-state index contributed by atoms with van der Waals surface area (Å²) in [7, 11) is 0. The lowest BCUT2D eigenvalue weighted by Gasteiger charge is -2.34. The third-order valence-corrected chi connectivity index (χ3v) is 5.99. The van der Waals surface area contributed by atoms with E-state index in [1.54, 1.807) is 4.90 Å². The van der Waals surface area contributed by atoms with Crippen LogP contribution in [0.3, 0.4) is 0 Å². The second-order valence-electron chi connectivity index (χ2n) is 8.21. The van der Waals surface area contributed by atoms with Crippen LogP contribution < -0.4 is 10.6 Å². The Kier molecular flexibility index (Phi) is 9.21. The number of nitrogens with one attached hydrogen (secondary N) is 2. The molecule has 33 heavy (non-hydrogen) atoms. The summed E-state index contributed by atoms with van der Waals surface area (Å²) in [5.41, 5.74) is 2.94. The Balaban J connectivity index is 1.42. The number of amides is 3. The molecule has 0 unspecified atom stereocenters. The van der Waals surface area contributed by atoms with Crippen LogP contribution in [-0.4, -0.2) is 72.5 Å². The summed E-state index contributed by atoms with van der Waals surface area (Å²) in [4.78, 5) is 31.1. The van der Waals surface area contributed by atoms with Crippen LogP contribution in [0, 0.1) is 5.82 Å². The smallest absolute Gasteiger partial charge is 0.317 e. The molecular weight excluding hydrogens is 421 g/mol. The van der Waals surface area contributed by atoms with E-state index >= 15 is 0 Å². The number of piperazine rings is 1. The van der Waals surface area contributed by atoms with Gasteiger partial charge < -0.3 is 15.5 Å². The van der Waals surface area contributed by atoms with Gasteiger partial charge in [0, 0.05) is 45.0 Å². The largest absolute Gasteiger partial charge is 0.334 e. The third-order valence-electron chi connectivity index (χ3n) is 5.99. The van der Waals surface area contributed by atoms with Crippen LogP contribution in [-0.2, 0) is 17.9 Å². The van der Waals surface area contributed by atoms with E-state index in [2.05, 4.69) is 41.5 Å². The van der Waals surface area contributed by atoms with Crippen molar-refractivity contribution < 1.29 is 14.0 Å². The highest BCUT2D eigenvalue weighted by molar-refractivity contribution is 5.92. The summed E-state index contributed by atoms with van der Waals surface area (Å²) < 4.78 is 13.0. The van der Waals surface area contributed by atoms with Crippen molar-refractivity contribution in [1.82, 2.24) is 20.0 Å². The molecule has 0 aliphatic carbocycles. The van der Waals surface area contributed by atoms with E-state index in [1.807, 2.05) is 17.0 Å². The summed E-state index contributed by atoms with van der Waals surface area (Å²) in [5, 5.41) is 5.82. The number of carbonyl (C=O) groups is 2. The summed E-state index contributed by atoms with van der Waals surface area (Å²) in [6, 6.07) is 13.9. The standard InChI is InChI=1S/C25H34FN5O2/c1-3-29(4-2)18-21-8-6-5-7-20(21)17-27-25(33)31-15-13-30(14-16-31)19-24(32)28-23-11-9-22(26)10-12-23/h5-12H,3-4,13-19H2,1-2H3,(H,27,33)(H,28,32). The molecule has 0 radical (unpaired) electrons. The minimum absolute atomic E-state index is 0.0805. The fourth-order valence-electron chi connectivity index (χ4n) is 3.90. The molecule has 0 aromatic heterocycles. The van der Waals surface area contributed by atoms with Crippen LogP contribution >= 0.6 is 0 Å². The van der Waals surface area contributed by atoms with Crippen molar-refractivity contribution in [3.63, 3.8) is 0 Å². The highest BCUT2D eigenvalue weighted by atomic mass is 19.1. The highest BCUT2D eigenvalue weighted by Gasteiger charge is 2.22. The molecule has 2 aromatic carbocycles. The maximum Gasteiger partial charge on any atom is 0.317 e. The second-order valence-corrected chi connectivity index (χ2v) is 8.21. The van der Waals surface area contributed by atoms with Crippen molar-refractivity contribution in [2.75, 3.05) is 51.1 Å². The molecule has 1 saturated heterocycles. The van der Waals surface area contributed by atoms with Gasteiger partial charge in [-0.25, -0.2) is 9.18 Å². The highest BCUT2D eigenvalue weighted by Crippen LogP contribution is 2.13. The van der Waals surface area contributed by atoms with Gasteiger partial charge in [-0.05, 0) is 48.5 Å². The summed E-state index contributed by atoms with van der Waals surface area (Å²) in [6.07, 6.45) is 0. The van der Waals surface area contributed by atoms with E-state index in [4.69, 9.17) is 0 Å². The fraction of sp³-hybridized carbons (Fsp3) is 0.440. The number of hydrogen-bond donors (Lipinski definition) is 2. The third kappa shape index (κ3) is 7.54. The monoisotopic (exact) mass is 455 g/mol. The average molecular weight is 456 g/mol. The molecule has 3 amide bonds. The number of halogens is 1. The maximum atomic E-state index is 13.0. The van der Waals surface area contributed by atoms with Gasteiger partial charge in [-0.1, -0.05) is 38.1 Å². The fourth-order valence-corrected chi connectivity index (χ4v) is 3.90. The minimum atomic E-state index is -0.338. The summed E-state index contributed by atoms with van der Waals surface area (Å²) in [6.45, 7) is 10.3. The van der Waals surface area contributed by atoms with Gasteiger partial charge in [-0.3, -0.25) is 14.6 Å². The SMILES string of the molecule is CCN(CC)Cc1ccccc1CNC(=O)N1CCN(CC(=O)Nc2ccc(F)cc2)CC1. The minimum Gasteiger partial charge on any atom is -0.334 e. The number of rotatable bonds is 9. The van der Waals surface area contributed by atoms with Crippen LogP contribution in [0.2, 0.25) is 0 Å². The molecule has 3 rings (SSSR count). The second kappa shape index (κ2) is 12.3. The maximum absolute atomic E-state index is 13.0. The van der Waals surface area contributed by atoms with Crippen molar-refractivity contribution in [2.45, 2.75) is 26.9 Å². The molecule has 178 valence electrons. The normalized spacial score (nSPS) is 14.4. The molecule has 0 saturated carbocycles. The van der Waals surface area contributed by atoms with E-state index in [1.165, 1.54) is 29.8 Å². The molecule has 1 fully saturated rings.